The minimum absolute atomic E-state index is 0.929. The Bertz CT molecular complexity index is 612. The van der Waals surface area contributed by atoms with E-state index in [1.165, 1.54) is 28.4 Å². The van der Waals surface area contributed by atoms with Gasteiger partial charge >= 0.3 is 0 Å². The molecule has 3 heterocycles. The first kappa shape index (κ1) is 15.5. The van der Waals surface area contributed by atoms with Gasteiger partial charge in [-0.3, -0.25) is 9.58 Å². The Morgan fingerprint density at radius 2 is 2.05 bits per heavy atom. The molecule has 0 aliphatic carbocycles. The van der Waals surface area contributed by atoms with Crippen LogP contribution >= 0.6 is 11.3 Å². The van der Waals surface area contributed by atoms with Gasteiger partial charge in [-0.2, -0.15) is 5.10 Å². The SMILES string of the molecule is CCn1cc(CN(C)Cc2cnc(N3CCCC3)s2)c(C)n1. The van der Waals surface area contributed by atoms with Gasteiger partial charge in [0.15, 0.2) is 5.13 Å². The number of hydrogen-bond donors (Lipinski definition) is 0. The fourth-order valence-corrected chi connectivity index (χ4v) is 3.96. The second-order valence-corrected chi connectivity index (χ2v) is 7.16. The van der Waals surface area contributed by atoms with Crippen molar-refractivity contribution in [1.82, 2.24) is 19.7 Å². The number of anilines is 1. The lowest BCUT2D eigenvalue weighted by molar-refractivity contribution is 0.321. The molecule has 5 nitrogen and oxygen atoms in total. The molecular formula is C16H25N5S. The summed E-state index contributed by atoms with van der Waals surface area (Å²) >= 11 is 1.84. The molecule has 1 aliphatic rings. The first-order valence-corrected chi connectivity index (χ1v) is 8.88. The van der Waals surface area contributed by atoms with Crippen LogP contribution in [-0.4, -0.2) is 39.8 Å². The zero-order valence-corrected chi connectivity index (χ0v) is 14.6. The van der Waals surface area contributed by atoms with Crippen LogP contribution in [0.3, 0.4) is 0 Å². The largest absolute Gasteiger partial charge is 0.348 e. The van der Waals surface area contributed by atoms with Crippen molar-refractivity contribution < 1.29 is 0 Å². The summed E-state index contributed by atoms with van der Waals surface area (Å²) in [6.07, 6.45) is 6.80. The second-order valence-electron chi connectivity index (χ2n) is 6.07. The average molecular weight is 319 g/mol. The van der Waals surface area contributed by atoms with Crippen molar-refractivity contribution in [3.05, 3.63) is 28.5 Å². The van der Waals surface area contributed by atoms with Crippen LogP contribution in [0.15, 0.2) is 12.4 Å². The van der Waals surface area contributed by atoms with E-state index in [1.807, 2.05) is 22.2 Å². The molecule has 1 fully saturated rings. The Morgan fingerprint density at radius 1 is 1.27 bits per heavy atom. The fraction of sp³-hybridized carbons (Fsp3) is 0.625. The van der Waals surface area contributed by atoms with Crippen LogP contribution in [-0.2, 0) is 19.6 Å². The van der Waals surface area contributed by atoms with Crippen LogP contribution in [0.2, 0.25) is 0 Å². The molecule has 0 aromatic carbocycles. The highest BCUT2D eigenvalue weighted by Gasteiger charge is 2.16. The van der Waals surface area contributed by atoms with Crippen molar-refractivity contribution in [2.45, 2.75) is 46.3 Å². The van der Waals surface area contributed by atoms with Gasteiger partial charge in [0.05, 0.1) is 5.69 Å². The summed E-state index contributed by atoms with van der Waals surface area (Å²) in [6, 6.07) is 0. The number of rotatable bonds is 6. The van der Waals surface area contributed by atoms with Gasteiger partial charge in [0.2, 0.25) is 0 Å². The molecule has 2 aromatic rings. The molecule has 0 saturated carbocycles. The number of nitrogens with zero attached hydrogens (tertiary/aromatic N) is 5. The van der Waals surface area contributed by atoms with Crippen LogP contribution in [0.5, 0.6) is 0 Å². The van der Waals surface area contributed by atoms with E-state index in [0.29, 0.717) is 0 Å². The zero-order valence-electron chi connectivity index (χ0n) is 13.7. The molecule has 120 valence electrons. The molecule has 0 spiro atoms. The number of aromatic nitrogens is 3. The summed E-state index contributed by atoms with van der Waals surface area (Å²) in [4.78, 5) is 10.7. The standard InChI is InChI=1S/C16H25N5S/c1-4-21-11-14(13(2)18-21)10-19(3)12-15-9-17-16(22-15)20-7-5-6-8-20/h9,11H,4-8,10,12H2,1-3H3. The molecule has 0 bridgehead atoms. The average Bonchev–Trinajstić information content (AvgIpc) is 3.20. The summed E-state index contributed by atoms with van der Waals surface area (Å²) in [5.41, 5.74) is 2.45. The highest BCUT2D eigenvalue weighted by atomic mass is 32.1. The van der Waals surface area contributed by atoms with E-state index in [9.17, 15) is 0 Å². The van der Waals surface area contributed by atoms with Crippen molar-refractivity contribution in [1.29, 1.82) is 0 Å². The van der Waals surface area contributed by atoms with Crippen LogP contribution in [0, 0.1) is 6.92 Å². The van der Waals surface area contributed by atoms with Crippen molar-refractivity contribution in [2.24, 2.45) is 0 Å². The van der Waals surface area contributed by atoms with E-state index in [1.54, 1.807) is 0 Å². The first-order valence-electron chi connectivity index (χ1n) is 8.07. The summed E-state index contributed by atoms with van der Waals surface area (Å²) in [6.45, 7) is 9.35. The molecule has 3 rings (SSSR count). The van der Waals surface area contributed by atoms with E-state index in [4.69, 9.17) is 0 Å². The van der Waals surface area contributed by atoms with Gasteiger partial charge in [0, 0.05) is 55.6 Å². The third-order valence-corrected chi connectivity index (χ3v) is 5.20. The molecule has 2 aromatic heterocycles. The van der Waals surface area contributed by atoms with Crippen molar-refractivity contribution in [2.75, 3.05) is 25.0 Å². The predicted molar refractivity (Wildman–Crippen MR) is 91.4 cm³/mol. The lowest BCUT2D eigenvalue weighted by Gasteiger charge is -2.15. The van der Waals surface area contributed by atoms with Gasteiger partial charge in [-0.25, -0.2) is 4.98 Å². The lowest BCUT2D eigenvalue weighted by Crippen LogP contribution is -2.17. The molecule has 0 unspecified atom stereocenters. The quantitative estimate of drug-likeness (QED) is 0.820. The van der Waals surface area contributed by atoms with Crippen molar-refractivity contribution in [3.63, 3.8) is 0 Å². The molecule has 22 heavy (non-hydrogen) atoms. The molecular weight excluding hydrogens is 294 g/mol. The maximum Gasteiger partial charge on any atom is 0.185 e. The molecule has 1 aliphatic heterocycles. The van der Waals surface area contributed by atoms with Gasteiger partial charge in [-0.05, 0) is 33.7 Å². The first-order chi connectivity index (χ1) is 10.7. The van der Waals surface area contributed by atoms with Crippen LogP contribution < -0.4 is 4.90 Å². The van der Waals surface area contributed by atoms with Crippen molar-refractivity contribution >= 4 is 16.5 Å². The second kappa shape index (κ2) is 6.79. The van der Waals surface area contributed by atoms with E-state index < -0.39 is 0 Å². The smallest absolute Gasteiger partial charge is 0.185 e. The Balaban J connectivity index is 1.59. The monoisotopic (exact) mass is 319 g/mol. The zero-order chi connectivity index (χ0) is 15.5. The highest BCUT2D eigenvalue weighted by molar-refractivity contribution is 7.15. The molecule has 6 heteroatoms. The molecule has 0 N–H and O–H groups in total. The summed E-state index contributed by atoms with van der Waals surface area (Å²) in [7, 11) is 2.16. The van der Waals surface area contributed by atoms with Gasteiger partial charge in [0.25, 0.3) is 0 Å². The lowest BCUT2D eigenvalue weighted by atomic mass is 10.2. The van der Waals surface area contributed by atoms with Gasteiger partial charge in [0.1, 0.15) is 0 Å². The van der Waals surface area contributed by atoms with Gasteiger partial charge < -0.3 is 4.90 Å². The Labute approximate surface area is 136 Å². The minimum atomic E-state index is 0.929. The Hall–Kier alpha value is -1.40. The summed E-state index contributed by atoms with van der Waals surface area (Å²) in [5, 5.41) is 5.71. The minimum Gasteiger partial charge on any atom is -0.348 e. The number of thiazole rings is 1. The summed E-state index contributed by atoms with van der Waals surface area (Å²) in [5.74, 6) is 0. The molecule has 0 radical (unpaired) electrons. The van der Waals surface area contributed by atoms with Crippen molar-refractivity contribution in [3.8, 4) is 0 Å². The van der Waals surface area contributed by atoms with Crippen LogP contribution in [0.4, 0.5) is 5.13 Å². The highest BCUT2D eigenvalue weighted by Crippen LogP contribution is 2.26. The van der Waals surface area contributed by atoms with E-state index in [0.717, 1.165) is 38.4 Å². The van der Waals surface area contributed by atoms with E-state index in [-0.39, 0.29) is 0 Å². The topological polar surface area (TPSA) is 37.2 Å². The molecule has 0 amide bonds. The Morgan fingerprint density at radius 3 is 2.73 bits per heavy atom. The predicted octanol–water partition coefficient (Wildman–Crippen LogP) is 2.90. The Kier molecular flexibility index (Phi) is 4.78. The van der Waals surface area contributed by atoms with Gasteiger partial charge in [-0.1, -0.05) is 0 Å². The third-order valence-electron chi connectivity index (χ3n) is 4.16. The molecule has 0 atom stereocenters. The van der Waals surface area contributed by atoms with Crippen LogP contribution in [0.25, 0.3) is 0 Å². The maximum atomic E-state index is 4.59. The number of aryl methyl sites for hydroxylation is 2. The van der Waals surface area contributed by atoms with Crippen LogP contribution in [0.1, 0.15) is 35.9 Å². The third kappa shape index (κ3) is 3.50. The van der Waals surface area contributed by atoms with Gasteiger partial charge in [-0.15, -0.1) is 11.3 Å². The van der Waals surface area contributed by atoms with E-state index in [2.05, 4.69) is 47.0 Å². The maximum absolute atomic E-state index is 4.59. The summed E-state index contributed by atoms with van der Waals surface area (Å²) < 4.78 is 2.01. The van der Waals surface area contributed by atoms with E-state index >= 15 is 0 Å². The number of hydrogen-bond acceptors (Lipinski definition) is 5. The normalized spacial score (nSPS) is 15.2. The molecule has 1 saturated heterocycles. The fourth-order valence-electron chi connectivity index (χ4n) is 2.91.